The minimum absolute atomic E-state index is 0. The summed E-state index contributed by atoms with van der Waals surface area (Å²) in [6.45, 7) is 3.24. The highest BCUT2D eigenvalue weighted by Gasteiger charge is 2.38. The first-order valence-electron chi connectivity index (χ1n) is 10.7. The normalized spacial score (nSPS) is 22.7. The molecule has 1 amide bonds. The quantitative estimate of drug-likeness (QED) is 0.627. The Hall–Kier alpha value is -1.78. The van der Waals surface area contributed by atoms with Crippen LogP contribution in [0.1, 0.15) is 30.5 Å². The van der Waals surface area contributed by atoms with E-state index >= 15 is 0 Å². The van der Waals surface area contributed by atoms with Crippen LogP contribution < -0.4 is 0 Å². The maximum absolute atomic E-state index is 12.9. The first-order chi connectivity index (χ1) is 15.0. The first kappa shape index (κ1) is 24.9. The highest BCUT2D eigenvalue weighted by Crippen LogP contribution is 2.27. The first-order valence-corrected chi connectivity index (χ1v) is 11.6. The number of aliphatic hydroxyl groups excluding tert-OH is 1. The van der Waals surface area contributed by atoms with E-state index < -0.39 is 12.1 Å². The summed E-state index contributed by atoms with van der Waals surface area (Å²) in [5.74, 6) is -0.262. The number of carbonyl (C=O) groups is 2. The van der Waals surface area contributed by atoms with Crippen molar-refractivity contribution in [2.24, 2.45) is 0 Å². The van der Waals surface area contributed by atoms with Gasteiger partial charge in [-0.2, -0.15) is 13.5 Å². The van der Waals surface area contributed by atoms with Crippen molar-refractivity contribution in [1.82, 2.24) is 9.88 Å². The van der Waals surface area contributed by atoms with Crippen molar-refractivity contribution >= 4 is 36.5 Å². The van der Waals surface area contributed by atoms with E-state index in [2.05, 4.69) is 17.1 Å². The van der Waals surface area contributed by atoms with Gasteiger partial charge in [0, 0.05) is 26.0 Å². The number of amides is 1. The lowest BCUT2D eigenvalue weighted by molar-refractivity contribution is -0.143. The average molecular weight is 479 g/mol. The standard InChI is InChI=1S/C23H28N2O5S.H2S/c1-15-23(31-14-24-15)17-5-2-16(3-6-17)4-7-21(27)20-10-18(26)11-25(20)22(28)13-30-19-8-9-29-12-19;/h2-3,5-6,14,18-20,26H,4,7-13H2,1H3;1H2/t18-,19+,20+;/m1./s1. The molecule has 1 aromatic heterocycles. The molecule has 3 heterocycles. The molecule has 0 saturated carbocycles. The van der Waals surface area contributed by atoms with Crippen molar-refractivity contribution < 1.29 is 24.2 Å². The zero-order valence-corrected chi connectivity index (χ0v) is 20.0. The molecule has 0 unspecified atom stereocenters. The number of rotatable bonds is 8. The monoisotopic (exact) mass is 478 g/mol. The molecule has 0 radical (unpaired) electrons. The van der Waals surface area contributed by atoms with E-state index in [1.165, 1.54) is 4.90 Å². The lowest BCUT2D eigenvalue weighted by Gasteiger charge is -2.24. The summed E-state index contributed by atoms with van der Waals surface area (Å²) in [4.78, 5) is 32.4. The number of nitrogens with zero attached hydrogens (tertiary/aromatic N) is 2. The maximum Gasteiger partial charge on any atom is 0.249 e. The van der Waals surface area contributed by atoms with Crippen LogP contribution in [-0.2, 0) is 25.5 Å². The molecule has 0 aliphatic carbocycles. The molecule has 2 aliphatic heterocycles. The van der Waals surface area contributed by atoms with E-state index in [0.717, 1.165) is 28.1 Å². The van der Waals surface area contributed by atoms with Gasteiger partial charge in [0.25, 0.3) is 0 Å². The highest BCUT2D eigenvalue weighted by molar-refractivity contribution is 7.59. The Kier molecular flexibility index (Phi) is 8.84. The van der Waals surface area contributed by atoms with Crippen LogP contribution >= 0.6 is 24.8 Å². The van der Waals surface area contributed by atoms with Crippen LogP contribution in [-0.4, -0.2) is 71.3 Å². The SMILES string of the molecule is Cc1ncsc1-c1ccc(CCC(=O)[C@@H]2C[C@@H](O)CN2C(=O)CO[C@H]2CCOC2)cc1.S. The van der Waals surface area contributed by atoms with Gasteiger partial charge in [-0.25, -0.2) is 4.98 Å². The number of hydrogen-bond donors (Lipinski definition) is 1. The summed E-state index contributed by atoms with van der Waals surface area (Å²) < 4.78 is 10.9. The zero-order valence-electron chi connectivity index (χ0n) is 18.2. The third-order valence-electron chi connectivity index (χ3n) is 5.92. The molecule has 0 spiro atoms. The van der Waals surface area contributed by atoms with Crippen molar-refractivity contribution in [2.75, 3.05) is 26.4 Å². The van der Waals surface area contributed by atoms with Gasteiger partial charge in [-0.15, -0.1) is 11.3 Å². The largest absolute Gasteiger partial charge is 0.391 e. The number of aromatic nitrogens is 1. The van der Waals surface area contributed by atoms with Gasteiger partial charge in [0.2, 0.25) is 5.91 Å². The van der Waals surface area contributed by atoms with Gasteiger partial charge in [0.1, 0.15) is 6.61 Å². The van der Waals surface area contributed by atoms with Crippen LogP contribution in [0.5, 0.6) is 0 Å². The zero-order chi connectivity index (χ0) is 21.8. The molecule has 7 nitrogen and oxygen atoms in total. The molecule has 2 aliphatic rings. The molecule has 4 rings (SSSR count). The van der Waals surface area contributed by atoms with Gasteiger partial charge >= 0.3 is 0 Å². The molecule has 1 aromatic carbocycles. The van der Waals surface area contributed by atoms with E-state index in [0.29, 0.717) is 32.5 Å². The Labute approximate surface area is 199 Å². The lowest BCUT2D eigenvalue weighted by Crippen LogP contribution is -2.43. The molecule has 2 fully saturated rings. The number of hydrogen-bond acceptors (Lipinski definition) is 7. The summed E-state index contributed by atoms with van der Waals surface area (Å²) in [6, 6.07) is 7.60. The average Bonchev–Trinajstić information content (AvgIpc) is 3.52. The number of aliphatic hydroxyl groups is 1. The Morgan fingerprint density at radius 1 is 1.31 bits per heavy atom. The molecule has 174 valence electrons. The molecule has 2 aromatic rings. The summed E-state index contributed by atoms with van der Waals surface area (Å²) in [6.07, 6.45) is 1.26. The summed E-state index contributed by atoms with van der Waals surface area (Å²) >= 11 is 1.61. The third kappa shape index (κ3) is 5.96. The van der Waals surface area contributed by atoms with E-state index in [1.54, 1.807) is 11.3 Å². The maximum atomic E-state index is 12.9. The Balaban J connectivity index is 0.00000289. The smallest absolute Gasteiger partial charge is 0.249 e. The van der Waals surface area contributed by atoms with Crippen molar-refractivity contribution in [3.63, 3.8) is 0 Å². The van der Waals surface area contributed by atoms with Gasteiger partial charge in [-0.3, -0.25) is 9.59 Å². The van der Waals surface area contributed by atoms with Crippen LogP contribution in [0.2, 0.25) is 0 Å². The number of ketones is 1. The Bertz CT molecular complexity index is 911. The Morgan fingerprint density at radius 2 is 2.09 bits per heavy atom. The van der Waals surface area contributed by atoms with Crippen molar-refractivity contribution in [2.45, 2.75) is 50.9 Å². The molecule has 3 atom stereocenters. The topological polar surface area (TPSA) is 89.0 Å². The van der Waals surface area contributed by atoms with E-state index in [9.17, 15) is 14.7 Å². The fraction of sp³-hybridized carbons (Fsp3) is 0.522. The molecule has 2 saturated heterocycles. The molecule has 1 N–H and O–H groups in total. The number of Topliss-reactive ketones (excluding diaryl/α,β-unsaturated/α-hetero) is 1. The summed E-state index contributed by atoms with van der Waals surface area (Å²) in [7, 11) is 0. The molecular weight excluding hydrogens is 448 g/mol. The van der Waals surface area contributed by atoms with Crippen LogP contribution in [0.4, 0.5) is 0 Å². The second-order valence-corrected chi connectivity index (χ2v) is 9.03. The molecule has 0 bridgehead atoms. The minimum Gasteiger partial charge on any atom is -0.391 e. The second-order valence-electron chi connectivity index (χ2n) is 8.18. The van der Waals surface area contributed by atoms with Crippen LogP contribution in [0.15, 0.2) is 29.8 Å². The summed E-state index contributed by atoms with van der Waals surface area (Å²) in [5, 5.41) is 10.1. The van der Waals surface area contributed by atoms with Crippen molar-refractivity contribution in [1.29, 1.82) is 0 Å². The number of carbonyl (C=O) groups excluding carboxylic acids is 2. The van der Waals surface area contributed by atoms with Gasteiger partial charge in [0.15, 0.2) is 5.78 Å². The van der Waals surface area contributed by atoms with E-state index in [4.69, 9.17) is 9.47 Å². The van der Waals surface area contributed by atoms with Gasteiger partial charge in [-0.1, -0.05) is 24.3 Å². The van der Waals surface area contributed by atoms with Crippen molar-refractivity contribution in [3.05, 3.63) is 41.0 Å². The molecule has 32 heavy (non-hydrogen) atoms. The summed E-state index contributed by atoms with van der Waals surface area (Å²) in [5.41, 5.74) is 5.05. The fourth-order valence-electron chi connectivity index (χ4n) is 4.15. The lowest BCUT2D eigenvalue weighted by atomic mass is 10.00. The predicted molar refractivity (Wildman–Crippen MR) is 127 cm³/mol. The molecular formula is C23H30N2O5S2. The number of aryl methyl sites for hydroxylation is 2. The van der Waals surface area contributed by atoms with Gasteiger partial charge in [-0.05, 0) is 30.9 Å². The number of ether oxygens (including phenoxy) is 2. The number of likely N-dealkylation sites (tertiary alicyclic amines) is 1. The fourth-order valence-corrected chi connectivity index (χ4v) is 4.96. The Morgan fingerprint density at radius 3 is 2.75 bits per heavy atom. The van der Waals surface area contributed by atoms with Crippen LogP contribution in [0.25, 0.3) is 10.4 Å². The van der Waals surface area contributed by atoms with Crippen LogP contribution in [0.3, 0.4) is 0 Å². The van der Waals surface area contributed by atoms with Gasteiger partial charge < -0.3 is 19.5 Å². The number of thiazole rings is 1. The number of β-amino-alcohol motifs (C(OH)–C–C–N with tert-alkyl or cyclic N) is 1. The second kappa shape index (κ2) is 11.4. The number of benzene rings is 1. The van der Waals surface area contributed by atoms with Crippen molar-refractivity contribution in [3.8, 4) is 10.4 Å². The van der Waals surface area contributed by atoms with Crippen LogP contribution in [0, 0.1) is 6.92 Å². The van der Waals surface area contributed by atoms with E-state index in [1.807, 2.05) is 24.6 Å². The third-order valence-corrected chi connectivity index (χ3v) is 6.90. The molecule has 9 heteroatoms. The minimum atomic E-state index is -0.672. The highest BCUT2D eigenvalue weighted by atomic mass is 32.1. The van der Waals surface area contributed by atoms with Gasteiger partial charge in [0.05, 0.1) is 40.9 Å². The predicted octanol–water partition coefficient (Wildman–Crippen LogP) is 2.50. The van der Waals surface area contributed by atoms with E-state index in [-0.39, 0.29) is 44.4 Å².